The van der Waals surface area contributed by atoms with E-state index in [0.29, 0.717) is 24.2 Å². The van der Waals surface area contributed by atoms with Gasteiger partial charge in [-0.3, -0.25) is 9.48 Å². The first kappa shape index (κ1) is 13.9. The van der Waals surface area contributed by atoms with Crippen molar-refractivity contribution < 1.29 is 14.3 Å². The second kappa shape index (κ2) is 5.37. The van der Waals surface area contributed by atoms with E-state index in [4.69, 9.17) is 4.42 Å². The zero-order valence-corrected chi connectivity index (χ0v) is 12.1. The summed E-state index contributed by atoms with van der Waals surface area (Å²) in [5.74, 6) is 0.683. The number of hydrogen-bond donors (Lipinski definition) is 2. The van der Waals surface area contributed by atoms with Crippen molar-refractivity contribution in [3.63, 3.8) is 0 Å². The Hall–Kier alpha value is -2.08. The highest BCUT2D eigenvalue weighted by Gasteiger charge is 2.36. The van der Waals surface area contributed by atoms with Crippen LogP contribution in [0.3, 0.4) is 0 Å². The molecule has 1 saturated carbocycles. The molecule has 0 saturated heterocycles. The van der Waals surface area contributed by atoms with Gasteiger partial charge in [0.1, 0.15) is 5.76 Å². The number of carbonyl (C=O) groups excluding carboxylic acids is 1. The summed E-state index contributed by atoms with van der Waals surface area (Å²) < 4.78 is 6.89. The number of nitrogens with zero attached hydrogens (tertiary/aromatic N) is 2. The van der Waals surface area contributed by atoms with Crippen molar-refractivity contribution >= 4 is 5.91 Å². The van der Waals surface area contributed by atoms with Crippen molar-refractivity contribution in [2.24, 2.45) is 13.0 Å². The largest absolute Gasteiger partial charge is 0.469 e. The lowest BCUT2D eigenvalue weighted by Gasteiger charge is -2.37. The van der Waals surface area contributed by atoms with Crippen LogP contribution in [0, 0.1) is 12.8 Å². The van der Waals surface area contributed by atoms with Gasteiger partial charge in [-0.1, -0.05) is 0 Å². The Kier molecular flexibility index (Phi) is 3.55. The van der Waals surface area contributed by atoms with Gasteiger partial charge >= 0.3 is 0 Å². The normalized spacial score (nSPS) is 22.6. The van der Waals surface area contributed by atoms with E-state index < -0.39 is 0 Å². The minimum Gasteiger partial charge on any atom is -0.469 e. The third-order valence-electron chi connectivity index (χ3n) is 4.10. The predicted molar refractivity (Wildman–Crippen MR) is 75.6 cm³/mol. The van der Waals surface area contributed by atoms with Gasteiger partial charge in [0, 0.05) is 18.8 Å². The highest BCUT2D eigenvalue weighted by atomic mass is 16.3. The summed E-state index contributed by atoms with van der Waals surface area (Å²) in [6.45, 7) is 1.76. The van der Waals surface area contributed by atoms with Crippen molar-refractivity contribution in [2.75, 3.05) is 0 Å². The monoisotopic (exact) mass is 289 g/mol. The Balaban J connectivity index is 1.79. The second-order valence-corrected chi connectivity index (χ2v) is 5.67. The van der Waals surface area contributed by atoms with Crippen molar-refractivity contribution in [3.8, 4) is 0 Å². The number of nitrogens with one attached hydrogen (secondary N) is 1. The third-order valence-corrected chi connectivity index (χ3v) is 4.10. The van der Waals surface area contributed by atoms with Crippen LogP contribution in [0.4, 0.5) is 0 Å². The van der Waals surface area contributed by atoms with Crippen molar-refractivity contribution in [2.45, 2.75) is 31.9 Å². The van der Waals surface area contributed by atoms with Crippen LogP contribution >= 0.6 is 0 Å². The highest BCUT2D eigenvalue weighted by molar-refractivity contribution is 5.95. The predicted octanol–water partition coefficient (Wildman–Crippen LogP) is 1.56. The molecule has 2 N–H and O–H groups in total. The molecule has 0 bridgehead atoms. The molecule has 6 heteroatoms. The molecule has 1 amide bonds. The van der Waals surface area contributed by atoms with Gasteiger partial charge in [-0.15, -0.1) is 0 Å². The lowest BCUT2D eigenvalue weighted by atomic mass is 9.75. The Morgan fingerprint density at radius 1 is 1.57 bits per heavy atom. The van der Waals surface area contributed by atoms with Gasteiger partial charge in [0.25, 0.3) is 5.91 Å². The number of aliphatic hydroxyl groups excluding tert-OH is 1. The molecule has 0 spiro atoms. The van der Waals surface area contributed by atoms with Gasteiger partial charge in [-0.05, 0) is 31.7 Å². The standard InChI is InChI=1S/C15H19N3O3/c1-9-13(3-4-21-9)15(20)17-14(10-5-12(19)6-10)11-7-16-18(2)8-11/h3-4,7-8,10,12,14,19H,5-6H2,1-2H3,(H,17,20). The second-order valence-electron chi connectivity index (χ2n) is 5.67. The van der Waals surface area contributed by atoms with E-state index in [1.54, 1.807) is 23.9 Å². The van der Waals surface area contributed by atoms with Crippen LogP contribution in [-0.4, -0.2) is 26.9 Å². The molecule has 112 valence electrons. The van der Waals surface area contributed by atoms with Crippen LogP contribution in [0.1, 0.15) is 40.6 Å². The average molecular weight is 289 g/mol. The Morgan fingerprint density at radius 3 is 2.86 bits per heavy atom. The van der Waals surface area contributed by atoms with E-state index >= 15 is 0 Å². The van der Waals surface area contributed by atoms with Crippen LogP contribution in [0.2, 0.25) is 0 Å². The van der Waals surface area contributed by atoms with Gasteiger partial charge in [-0.25, -0.2) is 0 Å². The molecule has 1 fully saturated rings. The molecule has 2 aromatic rings. The van der Waals surface area contributed by atoms with Crippen LogP contribution in [0.15, 0.2) is 29.1 Å². The van der Waals surface area contributed by atoms with Crippen LogP contribution in [0.5, 0.6) is 0 Å². The van der Waals surface area contributed by atoms with Crippen LogP contribution in [-0.2, 0) is 7.05 Å². The van der Waals surface area contributed by atoms with E-state index in [0.717, 1.165) is 5.56 Å². The summed E-state index contributed by atoms with van der Waals surface area (Å²) in [6.07, 6.45) is 6.31. The molecule has 1 unspecified atom stereocenters. The molecular formula is C15H19N3O3. The zero-order chi connectivity index (χ0) is 15.0. The number of aryl methyl sites for hydroxylation is 2. The van der Waals surface area contributed by atoms with E-state index in [1.165, 1.54) is 6.26 Å². The number of carbonyl (C=O) groups is 1. The minimum atomic E-state index is -0.262. The highest BCUT2D eigenvalue weighted by Crippen LogP contribution is 2.38. The first-order chi connectivity index (χ1) is 10.0. The molecule has 6 nitrogen and oxygen atoms in total. The molecule has 0 radical (unpaired) electrons. The molecule has 0 aliphatic heterocycles. The van der Waals surface area contributed by atoms with Gasteiger partial charge in [0.2, 0.25) is 0 Å². The number of hydrogen-bond acceptors (Lipinski definition) is 4. The minimum absolute atomic E-state index is 0.135. The van der Waals surface area contributed by atoms with Crippen molar-refractivity contribution in [1.82, 2.24) is 15.1 Å². The van der Waals surface area contributed by atoms with Crippen LogP contribution < -0.4 is 5.32 Å². The molecule has 21 heavy (non-hydrogen) atoms. The fourth-order valence-corrected chi connectivity index (χ4v) is 2.82. The first-order valence-corrected chi connectivity index (χ1v) is 7.06. The average Bonchev–Trinajstić information content (AvgIpc) is 3.01. The summed E-state index contributed by atoms with van der Waals surface area (Å²) in [4.78, 5) is 12.4. The fourth-order valence-electron chi connectivity index (χ4n) is 2.82. The smallest absolute Gasteiger partial charge is 0.255 e. The molecule has 1 aliphatic rings. The maximum atomic E-state index is 12.4. The third kappa shape index (κ3) is 2.71. The summed E-state index contributed by atoms with van der Waals surface area (Å²) in [6, 6.07) is 1.53. The molecule has 0 aromatic carbocycles. The number of aromatic nitrogens is 2. The maximum absolute atomic E-state index is 12.4. The lowest BCUT2D eigenvalue weighted by molar-refractivity contribution is 0.0235. The maximum Gasteiger partial charge on any atom is 0.255 e. The number of rotatable bonds is 4. The molecular weight excluding hydrogens is 270 g/mol. The molecule has 2 aromatic heterocycles. The first-order valence-electron chi connectivity index (χ1n) is 7.06. The number of amides is 1. The van der Waals surface area contributed by atoms with Gasteiger partial charge < -0.3 is 14.8 Å². The SMILES string of the molecule is Cc1occc1C(=O)NC(c1cnn(C)c1)C1CC(O)C1. The fraction of sp³-hybridized carbons (Fsp3) is 0.467. The van der Waals surface area contributed by atoms with E-state index in [2.05, 4.69) is 10.4 Å². The van der Waals surface area contributed by atoms with E-state index in [1.807, 2.05) is 13.2 Å². The summed E-state index contributed by atoms with van der Waals surface area (Å²) in [7, 11) is 1.85. The zero-order valence-electron chi connectivity index (χ0n) is 12.1. The van der Waals surface area contributed by atoms with Crippen LogP contribution in [0.25, 0.3) is 0 Å². The summed E-state index contributed by atoms with van der Waals surface area (Å²) in [5, 5.41) is 16.8. The number of aliphatic hydroxyl groups is 1. The topological polar surface area (TPSA) is 80.3 Å². The van der Waals surface area contributed by atoms with Gasteiger partial charge in [-0.2, -0.15) is 5.10 Å². The van der Waals surface area contributed by atoms with Crippen molar-refractivity contribution in [3.05, 3.63) is 41.6 Å². The van der Waals surface area contributed by atoms with E-state index in [-0.39, 0.29) is 24.0 Å². The Morgan fingerprint density at radius 2 is 2.33 bits per heavy atom. The van der Waals surface area contributed by atoms with E-state index in [9.17, 15) is 9.90 Å². The molecule has 1 atom stereocenters. The Bertz CT molecular complexity index is 640. The molecule has 1 aliphatic carbocycles. The number of furan rings is 1. The lowest BCUT2D eigenvalue weighted by Crippen LogP contribution is -2.41. The quantitative estimate of drug-likeness (QED) is 0.895. The summed E-state index contributed by atoms with van der Waals surface area (Å²) in [5.41, 5.74) is 1.51. The summed E-state index contributed by atoms with van der Waals surface area (Å²) >= 11 is 0. The van der Waals surface area contributed by atoms with Gasteiger partial charge in [0.05, 0.1) is 30.2 Å². The Labute approximate surface area is 122 Å². The molecule has 3 rings (SSSR count). The van der Waals surface area contributed by atoms with Gasteiger partial charge in [0.15, 0.2) is 0 Å². The molecule has 2 heterocycles. The van der Waals surface area contributed by atoms with Crippen molar-refractivity contribution in [1.29, 1.82) is 0 Å².